The predicted molar refractivity (Wildman–Crippen MR) is 141 cm³/mol. The van der Waals surface area contributed by atoms with E-state index in [0.29, 0.717) is 6.20 Å². The number of alkyl halides is 3. The summed E-state index contributed by atoms with van der Waals surface area (Å²) >= 11 is 6.18. The number of pyridine rings is 1. The molecule has 0 aliphatic heterocycles. The van der Waals surface area contributed by atoms with Crippen molar-refractivity contribution in [3.8, 4) is 22.6 Å². The summed E-state index contributed by atoms with van der Waals surface area (Å²) in [7, 11) is 1.32. The van der Waals surface area contributed by atoms with Crippen LogP contribution in [0.25, 0.3) is 16.8 Å². The SMILES string of the molecule is CCC(C(=O)Cc1ccc(C(N)=O)c(F)c1)n1cc(OC)c(-c2cc(Cl)ccc2-n2cc(C(F)(F)F)nn2)cc1=O. The smallest absolute Gasteiger partial charge is 0.436 e. The number of rotatable bonds is 9. The topological polar surface area (TPSA) is 122 Å². The second kappa shape index (κ2) is 11.5. The summed E-state index contributed by atoms with van der Waals surface area (Å²) in [5.41, 5.74) is 3.80. The van der Waals surface area contributed by atoms with Gasteiger partial charge in [-0.2, -0.15) is 13.2 Å². The van der Waals surface area contributed by atoms with Gasteiger partial charge in [-0.3, -0.25) is 14.4 Å². The van der Waals surface area contributed by atoms with Crippen molar-refractivity contribution in [2.45, 2.75) is 32.0 Å². The highest BCUT2D eigenvalue weighted by atomic mass is 35.5. The van der Waals surface area contributed by atoms with Crippen molar-refractivity contribution < 1.29 is 31.9 Å². The van der Waals surface area contributed by atoms with E-state index in [4.69, 9.17) is 22.1 Å². The molecule has 214 valence electrons. The maximum absolute atomic E-state index is 14.2. The number of nitrogens with zero attached hydrogens (tertiary/aromatic N) is 4. The molecule has 4 aromatic rings. The molecule has 0 saturated heterocycles. The van der Waals surface area contributed by atoms with E-state index in [1.807, 2.05) is 0 Å². The zero-order valence-corrected chi connectivity index (χ0v) is 22.3. The summed E-state index contributed by atoms with van der Waals surface area (Å²) in [6.07, 6.45) is -2.75. The number of methoxy groups -OCH3 is 1. The molecule has 0 saturated carbocycles. The average molecular weight is 592 g/mol. The molecular formula is C27H22ClF4N5O4. The molecule has 0 aliphatic carbocycles. The Morgan fingerprint density at radius 1 is 1.10 bits per heavy atom. The number of ketones is 1. The predicted octanol–water partition coefficient (Wildman–Crippen LogP) is 4.78. The van der Waals surface area contributed by atoms with E-state index in [-0.39, 0.29) is 51.6 Å². The van der Waals surface area contributed by atoms with Crippen LogP contribution in [-0.4, -0.2) is 38.4 Å². The van der Waals surface area contributed by atoms with Crippen molar-refractivity contribution in [3.05, 3.63) is 92.9 Å². The van der Waals surface area contributed by atoms with Crippen LogP contribution in [0.4, 0.5) is 17.6 Å². The number of amides is 1. The van der Waals surface area contributed by atoms with Gasteiger partial charge >= 0.3 is 6.18 Å². The Hall–Kier alpha value is -4.52. The number of hydrogen-bond acceptors (Lipinski definition) is 6. The molecule has 14 heteroatoms. The van der Waals surface area contributed by atoms with Gasteiger partial charge < -0.3 is 15.0 Å². The number of aromatic nitrogens is 4. The van der Waals surface area contributed by atoms with Crippen molar-refractivity contribution in [3.63, 3.8) is 0 Å². The Morgan fingerprint density at radius 3 is 2.41 bits per heavy atom. The zero-order chi connectivity index (χ0) is 30.1. The normalized spacial score (nSPS) is 12.3. The molecule has 0 spiro atoms. The maximum atomic E-state index is 14.2. The van der Waals surface area contributed by atoms with Crippen molar-refractivity contribution >= 4 is 23.3 Å². The van der Waals surface area contributed by atoms with Crippen LogP contribution in [-0.2, 0) is 17.4 Å². The van der Waals surface area contributed by atoms with Crippen LogP contribution in [0, 0.1) is 5.82 Å². The second-order valence-electron chi connectivity index (χ2n) is 8.95. The number of carbonyl (C=O) groups is 2. The molecule has 0 bridgehead atoms. The third kappa shape index (κ3) is 6.14. The molecule has 0 fully saturated rings. The average Bonchev–Trinajstić information content (AvgIpc) is 3.40. The van der Waals surface area contributed by atoms with E-state index in [2.05, 4.69) is 10.3 Å². The minimum Gasteiger partial charge on any atom is -0.495 e. The van der Waals surface area contributed by atoms with Gasteiger partial charge in [-0.15, -0.1) is 5.10 Å². The number of ether oxygens (including phenoxy) is 1. The molecule has 0 radical (unpaired) electrons. The van der Waals surface area contributed by atoms with Gasteiger partial charge in [0.05, 0.1) is 36.8 Å². The molecule has 2 aromatic heterocycles. The minimum absolute atomic E-state index is 0.118. The monoisotopic (exact) mass is 591 g/mol. The number of Topliss-reactive ketones (excluding diaryl/α,β-unsaturated/α-hetero) is 1. The van der Waals surface area contributed by atoms with Gasteiger partial charge in [0.25, 0.3) is 11.5 Å². The standard InChI is InChI=1S/C27H22ClF4N5O4/c1-3-20(22(38)9-14-4-6-16(26(33)40)19(29)8-14)36-12-23(41-2)18(11-25(36)39)17-10-15(28)5-7-21(17)37-13-24(34-35-37)27(30,31)32/h4-8,10-13,20H,3,9H2,1-2H3,(H2,33,40). The first-order valence-corrected chi connectivity index (χ1v) is 12.4. The molecule has 2 aromatic carbocycles. The lowest BCUT2D eigenvalue weighted by atomic mass is 9.99. The quantitative estimate of drug-likeness (QED) is 0.280. The van der Waals surface area contributed by atoms with Crippen molar-refractivity contribution in [1.29, 1.82) is 0 Å². The van der Waals surface area contributed by atoms with E-state index in [9.17, 15) is 31.9 Å². The zero-order valence-electron chi connectivity index (χ0n) is 21.6. The molecule has 2 N–H and O–H groups in total. The summed E-state index contributed by atoms with van der Waals surface area (Å²) in [6, 6.07) is 8.11. The number of benzene rings is 2. The molecular weight excluding hydrogens is 570 g/mol. The highest BCUT2D eigenvalue weighted by Gasteiger charge is 2.35. The van der Waals surface area contributed by atoms with Crippen LogP contribution in [0.1, 0.15) is 41.0 Å². The molecule has 0 aliphatic rings. The van der Waals surface area contributed by atoms with Gasteiger partial charge in [0.1, 0.15) is 11.6 Å². The van der Waals surface area contributed by atoms with E-state index >= 15 is 0 Å². The van der Waals surface area contributed by atoms with Crippen LogP contribution in [0.2, 0.25) is 5.02 Å². The van der Waals surface area contributed by atoms with Crippen LogP contribution >= 0.6 is 11.6 Å². The molecule has 9 nitrogen and oxygen atoms in total. The minimum atomic E-state index is -4.72. The number of carbonyl (C=O) groups excluding carboxylic acids is 2. The van der Waals surface area contributed by atoms with Gasteiger partial charge in [-0.25, -0.2) is 9.07 Å². The molecule has 4 rings (SSSR count). The van der Waals surface area contributed by atoms with Crippen molar-refractivity contribution in [1.82, 2.24) is 19.6 Å². The molecule has 1 amide bonds. The third-order valence-corrected chi connectivity index (χ3v) is 6.55. The van der Waals surface area contributed by atoms with E-state index in [0.717, 1.165) is 10.7 Å². The Balaban J connectivity index is 1.74. The third-order valence-electron chi connectivity index (χ3n) is 6.31. The Labute approximate surface area is 235 Å². The number of hydrogen-bond donors (Lipinski definition) is 1. The fraction of sp³-hybridized carbons (Fsp3) is 0.222. The van der Waals surface area contributed by atoms with Gasteiger partial charge in [-0.05, 0) is 42.3 Å². The maximum Gasteiger partial charge on any atom is 0.436 e. The van der Waals surface area contributed by atoms with Crippen LogP contribution in [0.5, 0.6) is 5.75 Å². The van der Waals surface area contributed by atoms with Gasteiger partial charge in [0.2, 0.25) is 0 Å². The van der Waals surface area contributed by atoms with Crippen molar-refractivity contribution in [2.24, 2.45) is 5.73 Å². The molecule has 1 unspecified atom stereocenters. The summed E-state index contributed by atoms with van der Waals surface area (Å²) in [4.78, 5) is 37.8. The van der Waals surface area contributed by atoms with Crippen LogP contribution in [0.15, 0.2) is 59.7 Å². The summed E-state index contributed by atoms with van der Waals surface area (Å²) in [5.74, 6) is -2.11. The van der Waals surface area contributed by atoms with Gasteiger partial charge in [-0.1, -0.05) is 29.8 Å². The van der Waals surface area contributed by atoms with E-state index < -0.39 is 41.0 Å². The van der Waals surface area contributed by atoms with Crippen LogP contribution < -0.4 is 16.0 Å². The first-order valence-electron chi connectivity index (χ1n) is 12.0. The lowest BCUT2D eigenvalue weighted by Crippen LogP contribution is -2.30. The van der Waals surface area contributed by atoms with Gasteiger partial charge in [0, 0.05) is 28.6 Å². The molecule has 41 heavy (non-hydrogen) atoms. The van der Waals surface area contributed by atoms with Crippen LogP contribution in [0.3, 0.4) is 0 Å². The second-order valence-corrected chi connectivity index (χ2v) is 9.39. The van der Waals surface area contributed by atoms with Crippen molar-refractivity contribution in [2.75, 3.05) is 7.11 Å². The molecule has 2 heterocycles. The number of halogens is 5. The Kier molecular flexibility index (Phi) is 8.29. The largest absolute Gasteiger partial charge is 0.495 e. The number of nitrogens with two attached hydrogens (primary N) is 1. The lowest BCUT2D eigenvalue weighted by molar-refractivity contribution is -0.141. The van der Waals surface area contributed by atoms with E-state index in [1.165, 1.54) is 54.3 Å². The highest BCUT2D eigenvalue weighted by Crippen LogP contribution is 2.36. The highest BCUT2D eigenvalue weighted by molar-refractivity contribution is 6.31. The lowest BCUT2D eigenvalue weighted by Gasteiger charge is -2.20. The van der Waals surface area contributed by atoms with Gasteiger partial charge in [0.15, 0.2) is 11.5 Å². The first kappa shape index (κ1) is 29.5. The molecule has 1 atom stereocenters. The summed E-state index contributed by atoms with van der Waals surface area (Å²) < 4.78 is 61.2. The fourth-order valence-corrected chi connectivity index (χ4v) is 4.52. The number of primary amides is 1. The first-order chi connectivity index (χ1) is 19.3. The Bertz CT molecular complexity index is 1700. The van der Waals surface area contributed by atoms with E-state index in [1.54, 1.807) is 6.92 Å². The Morgan fingerprint density at radius 2 is 1.83 bits per heavy atom. The summed E-state index contributed by atoms with van der Waals surface area (Å²) in [6.45, 7) is 1.68. The summed E-state index contributed by atoms with van der Waals surface area (Å²) in [5, 5.41) is 6.97. The fourth-order valence-electron chi connectivity index (χ4n) is 4.35.